The number of carboxylic acids is 1. The predicted octanol–water partition coefficient (Wildman–Crippen LogP) is 6.68. The van der Waals surface area contributed by atoms with Crippen LogP contribution in [0.4, 0.5) is 0 Å². The van der Waals surface area contributed by atoms with Crippen molar-refractivity contribution >= 4 is 23.6 Å². The van der Waals surface area contributed by atoms with E-state index >= 15 is 0 Å². The van der Waals surface area contributed by atoms with Gasteiger partial charge in [0.1, 0.15) is 11.5 Å². The van der Waals surface area contributed by atoms with Gasteiger partial charge in [0.15, 0.2) is 0 Å². The Hall–Kier alpha value is -2.46. The molecule has 2 aromatic carbocycles. The van der Waals surface area contributed by atoms with Gasteiger partial charge < -0.3 is 14.9 Å². The van der Waals surface area contributed by atoms with Gasteiger partial charge in [0, 0.05) is 27.8 Å². The van der Waals surface area contributed by atoms with E-state index in [0.717, 1.165) is 59.8 Å². The molecule has 4 nitrogen and oxygen atoms in total. The Morgan fingerprint density at radius 2 is 1.78 bits per heavy atom. The molecule has 0 aromatic heterocycles. The summed E-state index contributed by atoms with van der Waals surface area (Å²) < 4.78 is 5.96. The topological polar surface area (TPSA) is 66.8 Å². The molecule has 4 aliphatic carbocycles. The summed E-state index contributed by atoms with van der Waals surface area (Å²) in [6.45, 7) is 2.35. The van der Waals surface area contributed by atoms with E-state index < -0.39 is 5.97 Å². The van der Waals surface area contributed by atoms with Crippen LogP contribution >= 0.6 is 11.6 Å². The molecule has 0 radical (unpaired) electrons. The minimum atomic E-state index is -1.03. The molecule has 168 valence electrons. The summed E-state index contributed by atoms with van der Waals surface area (Å²) in [6.07, 6.45) is 10.1. The number of hydrogen-bond donors (Lipinski definition) is 2. The second-order valence-corrected chi connectivity index (χ2v) is 10.3. The molecule has 2 aromatic rings. The molecule has 0 spiro atoms. The fraction of sp³-hybridized carbons (Fsp3) is 0.444. The average Bonchev–Trinajstić information content (AvgIpc) is 2.73. The molecule has 4 saturated carbocycles. The number of phenols is 1. The molecular formula is C27H29ClO4. The van der Waals surface area contributed by atoms with Crippen LogP contribution in [-0.4, -0.2) is 22.8 Å². The lowest BCUT2D eigenvalue weighted by molar-refractivity contribution is -0.131. The first-order chi connectivity index (χ1) is 15.4. The van der Waals surface area contributed by atoms with Crippen molar-refractivity contribution in [2.75, 3.05) is 6.61 Å². The number of carbonyl (C=O) groups is 1. The van der Waals surface area contributed by atoms with Crippen molar-refractivity contribution in [2.45, 2.75) is 50.9 Å². The van der Waals surface area contributed by atoms with Crippen molar-refractivity contribution in [3.8, 4) is 22.6 Å². The van der Waals surface area contributed by atoms with Gasteiger partial charge in [-0.1, -0.05) is 17.7 Å². The number of rotatable bonds is 6. The summed E-state index contributed by atoms with van der Waals surface area (Å²) in [5, 5.41) is 20.5. The Labute approximate surface area is 193 Å². The van der Waals surface area contributed by atoms with E-state index in [0.29, 0.717) is 28.7 Å². The molecule has 0 heterocycles. The van der Waals surface area contributed by atoms with Gasteiger partial charge >= 0.3 is 5.97 Å². The van der Waals surface area contributed by atoms with E-state index in [1.165, 1.54) is 25.3 Å². The zero-order chi connectivity index (χ0) is 22.5. The van der Waals surface area contributed by atoms with E-state index in [1.54, 1.807) is 12.1 Å². The summed E-state index contributed by atoms with van der Waals surface area (Å²) in [5.41, 5.74) is 3.49. The highest BCUT2D eigenvalue weighted by Crippen LogP contribution is 2.62. The van der Waals surface area contributed by atoms with E-state index in [9.17, 15) is 9.90 Å². The van der Waals surface area contributed by atoms with Crippen molar-refractivity contribution in [1.82, 2.24) is 0 Å². The van der Waals surface area contributed by atoms with Gasteiger partial charge in [-0.2, -0.15) is 0 Å². The lowest BCUT2D eigenvalue weighted by Crippen LogP contribution is -2.48. The SMILES string of the molecule is CCOc1c(/C=C/C(=O)O)cc(Cl)cc1-c1ccc(O)c(C23CC4CC(CC(C4)C2)C3)c1. The van der Waals surface area contributed by atoms with Crippen LogP contribution in [0.3, 0.4) is 0 Å². The van der Waals surface area contributed by atoms with Gasteiger partial charge in [-0.3, -0.25) is 0 Å². The molecule has 2 N–H and O–H groups in total. The fourth-order valence-electron chi connectivity index (χ4n) is 6.99. The molecule has 4 aliphatic rings. The quantitative estimate of drug-likeness (QED) is 0.480. The average molecular weight is 453 g/mol. The van der Waals surface area contributed by atoms with Gasteiger partial charge in [-0.05, 0) is 105 Å². The highest BCUT2D eigenvalue weighted by Gasteiger charge is 2.52. The first-order valence-corrected chi connectivity index (χ1v) is 12.0. The maximum Gasteiger partial charge on any atom is 0.328 e. The van der Waals surface area contributed by atoms with Crippen molar-refractivity contribution in [2.24, 2.45) is 17.8 Å². The third-order valence-corrected chi connectivity index (χ3v) is 7.91. The number of phenolic OH excluding ortho intramolecular Hbond substituents is 1. The maximum atomic E-state index is 11.1. The number of benzene rings is 2. The van der Waals surface area contributed by atoms with E-state index in [1.807, 2.05) is 19.1 Å². The molecule has 4 bridgehead atoms. The van der Waals surface area contributed by atoms with Gasteiger partial charge in [0.2, 0.25) is 0 Å². The monoisotopic (exact) mass is 452 g/mol. The minimum absolute atomic E-state index is 0.0607. The van der Waals surface area contributed by atoms with Crippen LogP contribution in [-0.2, 0) is 10.2 Å². The van der Waals surface area contributed by atoms with Gasteiger partial charge in [0.25, 0.3) is 0 Å². The maximum absolute atomic E-state index is 11.1. The van der Waals surface area contributed by atoms with Gasteiger partial charge in [-0.15, -0.1) is 0 Å². The standard InChI is InChI=1S/C27H29ClO4/c1-2-32-26-20(4-6-25(30)31)10-21(28)12-22(26)19-3-5-24(29)23(11-19)27-13-16-7-17(14-27)9-18(8-16)15-27/h3-6,10-12,16-18,29H,2,7-9,13-15H2,1H3,(H,30,31)/b6-4+. The summed E-state index contributed by atoms with van der Waals surface area (Å²) >= 11 is 6.43. The van der Waals surface area contributed by atoms with Crippen LogP contribution in [0.15, 0.2) is 36.4 Å². The van der Waals surface area contributed by atoms with Crippen LogP contribution < -0.4 is 4.74 Å². The first-order valence-electron chi connectivity index (χ1n) is 11.6. The Bertz CT molecular complexity index is 1050. The Kier molecular flexibility index (Phi) is 5.45. The molecular weight excluding hydrogens is 424 g/mol. The number of carboxylic acid groups (broad SMARTS) is 1. The molecule has 4 fully saturated rings. The summed E-state index contributed by atoms with van der Waals surface area (Å²) in [6, 6.07) is 9.41. The minimum Gasteiger partial charge on any atom is -0.508 e. The number of hydrogen-bond acceptors (Lipinski definition) is 3. The van der Waals surface area contributed by atoms with Crippen molar-refractivity contribution < 1.29 is 19.7 Å². The number of halogens is 1. The van der Waals surface area contributed by atoms with Crippen molar-refractivity contribution in [1.29, 1.82) is 0 Å². The summed E-state index contributed by atoms with van der Waals surface area (Å²) in [7, 11) is 0. The summed E-state index contributed by atoms with van der Waals surface area (Å²) in [4.78, 5) is 11.1. The van der Waals surface area contributed by atoms with Crippen molar-refractivity contribution in [3.05, 3.63) is 52.6 Å². The molecule has 5 heteroatoms. The fourth-order valence-corrected chi connectivity index (χ4v) is 7.21. The van der Waals surface area contributed by atoms with Gasteiger partial charge in [-0.25, -0.2) is 4.79 Å². The smallest absolute Gasteiger partial charge is 0.328 e. The largest absolute Gasteiger partial charge is 0.508 e. The number of aromatic hydroxyl groups is 1. The molecule has 0 aliphatic heterocycles. The number of ether oxygens (including phenoxy) is 1. The summed E-state index contributed by atoms with van der Waals surface area (Å²) in [5.74, 6) is 2.30. The Balaban J connectivity index is 1.62. The van der Waals surface area contributed by atoms with Crippen LogP contribution in [0.1, 0.15) is 56.6 Å². The lowest BCUT2D eigenvalue weighted by Gasteiger charge is -2.57. The zero-order valence-corrected chi connectivity index (χ0v) is 19.1. The number of aliphatic carboxylic acids is 1. The third kappa shape index (κ3) is 3.79. The molecule has 0 saturated heterocycles. The lowest BCUT2D eigenvalue weighted by atomic mass is 9.48. The van der Waals surface area contributed by atoms with E-state index in [2.05, 4.69) is 6.07 Å². The van der Waals surface area contributed by atoms with Crippen LogP contribution in [0.25, 0.3) is 17.2 Å². The molecule has 0 unspecified atom stereocenters. The zero-order valence-electron chi connectivity index (χ0n) is 18.3. The molecule has 32 heavy (non-hydrogen) atoms. The predicted molar refractivity (Wildman–Crippen MR) is 126 cm³/mol. The van der Waals surface area contributed by atoms with E-state index in [4.69, 9.17) is 21.4 Å². The first kappa shape index (κ1) is 21.4. The van der Waals surface area contributed by atoms with Crippen molar-refractivity contribution in [3.63, 3.8) is 0 Å². The van der Waals surface area contributed by atoms with Gasteiger partial charge in [0.05, 0.1) is 6.61 Å². The van der Waals surface area contributed by atoms with Crippen LogP contribution in [0.5, 0.6) is 11.5 Å². The Morgan fingerprint density at radius 3 is 2.38 bits per heavy atom. The second-order valence-electron chi connectivity index (χ2n) is 9.91. The molecule has 0 atom stereocenters. The van der Waals surface area contributed by atoms with Crippen LogP contribution in [0.2, 0.25) is 5.02 Å². The molecule has 0 amide bonds. The Morgan fingerprint density at radius 1 is 1.12 bits per heavy atom. The third-order valence-electron chi connectivity index (χ3n) is 7.69. The highest BCUT2D eigenvalue weighted by atomic mass is 35.5. The van der Waals surface area contributed by atoms with E-state index in [-0.39, 0.29) is 5.41 Å². The van der Waals surface area contributed by atoms with Crippen LogP contribution in [0, 0.1) is 17.8 Å². The highest BCUT2D eigenvalue weighted by molar-refractivity contribution is 6.31. The molecule has 6 rings (SSSR count). The second kappa shape index (κ2) is 8.15. The normalized spacial score (nSPS) is 28.4.